The van der Waals surface area contributed by atoms with Gasteiger partial charge in [0.1, 0.15) is 5.82 Å². The number of aromatic nitrogens is 3. The van der Waals surface area contributed by atoms with E-state index < -0.39 is 10.0 Å². The van der Waals surface area contributed by atoms with Crippen molar-refractivity contribution in [3.8, 4) is 0 Å². The molecule has 3 N–H and O–H groups in total. The molecule has 0 saturated heterocycles. The zero-order valence-electron chi connectivity index (χ0n) is 19.2. The van der Waals surface area contributed by atoms with Crippen LogP contribution in [0.5, 0.6) is 0 Å². The lowest BCUT2D eigenvalue weighted by molar-refractivity contribution is 0.0928. The number of carbonyl (C=O) groups excluding carboxylic acids is 1. The summed E-state index contributed by atoms with van der Waals surface area (Å²) in [4.78, 5) is 25.5. The van der Waals surface area contributed by atoms with Crippen molar-refractivity contribution in [2.24, 2.45) is 0 Å². The van der Waals surface area contributed by atoms with E-state index in [4.69, 9.17) is 0 Å². The zero-order valence-corrected chi connectivity index (χ0v) is 20.0. The van der Waals surface area contributed by atoms with Gasteiger partial charge in [-0.05, 0) is 69.2 Å². The van der Waals surface area contributed by atoms with E-state index in [0.717, 1.165) is 25.7 Å². The van der Waals surface area contributed by atoms with E-state index in [1.54, 1.807) is 50.4 Å². The van der Waals surface area contributed by atoms with Crippen molar-refractivity contribution < 1.29 is 13.2 Å². The topological polar surface area (TPSA) is 126 Å². The Morgan fingerprint density at radius 3 is 2.32 bits per heavy atom. The fourth-order valence-electron chi connectivity index (χ4n) is 4.00. The molecule has 1 saturated carbocycles. The number of benzene rings is 1. The van der Waals surface area contributed by atoms with Crippen LogP contribution in [0.3, 0.4) is 0 Å². The van der Waals surface area contributed by atoms with E-state index in [-0.39, 0.29) is 22.8 Å². The van der Waals surface area contributed by atoms with Gasteiger partial charge in [0.05, 0.1) is 10.5 Å². The van der Waals surface area contributed by atoms with Gasteiger partial charge in [-0.2, -0.15) is 0 Å². The lowest BCUT2D eigenvalue weighted by atomic mass is 9.95. The fraction of sp³-hybridized carbons (Fsp3) is 0.333. The van der Waals surface area contributed by atoms with Crippen molar-refractivity contribution in [3.05, 3.63) is 65.6 Å². The molecule has 1 aliphatic carbocycles. The summed E-state index contributed by atoms with van der Waals surface area (Å²) in [7, 11) is -3.86. The van der Waals surface area contributed by atoms with Gasteiger partial charge in [0.15, 0.2) is 0 Å². The molecule has 0 radical (unpaired) electrons. The Morgan fingerprint density at radius 1 is 0.971 bits per heavy atom. The van der Waals surface area contributed by atoms with Crippen LogP contribution in [-0.2, 0) is 10.0 Å². The monoisotopic (exact) mass is 480 g/mol. The van der Waals surface area contributed by atoms with Crippen LogP contribution >= 0.6 is 0 Å². The average Bonchev–Trinajstić information content (AvgIpc) is 2.79. The van der Waals surface area contributed by atoms with E-state index in [1.165, 1.54) is 18.6 Å². The number of pyridine rings is 1. The van der Waals surface area contributed by atoms with Gasteiger partial charge in [-0.15, -0.1) is 0 Å². The molecule has 1 aliphatic rings. The highest BCUT2D eigenvalue weighted by Crippen LogP contribution is 2.23. The van der Waals surface area contributed by atoms with Crippen LogP contribution in [0.2, 0.25) is 0 Å². The number of rotatable bonds is 7. The number of amides is 1. The summed E-state index contributed by atoms with van der Waals surface area (Å²) in [6, 6.07) is 11.6. The molecule has 0 aliphatic heterocycles. The first-order chi connectivity index (χ1) is 16.3. The number of anilines is 3. The molecule has 1 aromatic carbocycles. The van der Waals surface area contributed by atoms with Gasteiger partial charge in [-0.3, -0.25) is 4.79 Å². The number of nitrogens with zero attached hydrogens (tertiary/aromatic N) is 3. The summed E-state index contributed by atoms with van der Waals surface area (Å²) in [5.74, 6) is 0.273. The molecule has 0 spiro atoms. The first-order valence-corrected chi connectivity index (χ1v) is 12.8. The van der Waals surface area contributed by atoms with Crippen LogP contribution in [0, 0.1) is 13.8 Å². The van der Waals surface area contributed by atoms with Gasteiger partial charge < -0.3 is 10.6 Å². The van der Waals surface area contributed by atoms with Crippen LogP contribution in [0.1, 0.15) is 53.8 Å². The maximum absolute atomic E-state index is 12.8. The quantitative estimate of drug-likeness (QED) is 0.465. The van der Waals surface area contributed by atoms with Crippen molar-refractivity contribution in [2.75, 3.05) is 10.0 Å². The highest BCUT2D eigenvalue weighted by atomic mass is 32.2. The van der Waals surface area contributed by atoms with Crippen molar-refractivity contribution in [1.29, 1.82) is 0 Å². The number of nitrogens with one attached hydrogen (secondary N) is 3. The predicted octanol–water partition coefficient (Wildman–Crippen LogP) is 4.10. The van der Waals surface area contributed by atoms with Crippen LogP contribution in [-0.4, -0.2) is 35.3 Å². The Balaban J connectivity index is 1.47. The average molecular weight is 481 g/mol. The summed E-state index contributed by atoms with van der Waals surface area (Å²) in [6.45, 7) is 3.54. The first-order valence-electron chi connectivity index (χ1n) is 11.3. The second-order valence-corrected chi connectivity index (χ2v) is 10.1. The van der Waals surface area contributed by atoms with E-state index in [9.17, 15) is 13.2 Å². The minimum atomic E-state index is -3.86. The third-order valence-electron chi connectivity index (χ3n) is 5.63. The molecule has 3 aromatic rings. The Bertz CT molecular complexity index is 1250. The summed E-state index contributed by atoms with van der Waals surface area (Å²) >= 11 is 0. The zero-order chi connectivity index (χ0) is 24.1. The number of aryl methyl sites for hydroxylation is 2. The summed E-state index contributed by atoms with van der Waals surface area (Å²) in [6.07, 6.45) is 7.06. The molecular weight excluding hydrogens is 452 g/mol. The number of sulfonamides is 1. The van der Waals surface area contributed by atoms with Gasteiger partial charge in [0, 0.05) is 29.3 Å². The van der Waals surface area contributed by atoms with Gasteiger partial charge >= 0.3 is 0 Å². The van der Waals surface area contributed by atoms with Crippen LogP contribution in [0.25, 0.3) is 0 Å². The Labute approximate surface area is 199 Å². The molecule has 2 aromatic heterocycles. The number of hydrogen-bond acceptors (Lipinski definition) is 7. The maximum atomic E-state index is 12.8. The molecule has 2 heterocycles. The van der Waals surface area contributed by atoms with Crippen molar-refractivity contribution in [3.63, 3.8) is 0 Å². The number of hydrogen-bond donors (Lipinski definition) is 3. The van der Waals surface area contributed by atoms with Crippen LogP contribution < -0.4 is 15.4 Å². The van der Waals surface area contributed by atoms with E-state index in [0.29, 0.717) is 28.5 Å². The second kappa shape index (κ2) is 10.2. The van der Waals surface area contributed by atoms with Crippen molar-refractivity contribution >= 4 is 33.4 Å². The van der Waals surface area contributed by atoms with Crippen molar-refractivity contribution in [1.82, 2.24) is 20.3 Å². The van der Waals surface area contributed by atoms with Gasteiger partial charge in [-0.25, -0.2) is 28.1 Å². The molecule has 10 heteroatoms. The minimum absolute atomic E-state index is 0.0295. The Hall–Kier alpha value is -3.53. The summed E-state index contributed by atoms with van der Waals surface area (Å²) in [5.41, 5.74) is 2.39. The summed E-state index contributed by atoms with van der Waals surface area (Å²) in [5, 5.41) is 6.23. The van der Waals surface area contributed by atoms with Gasteiger partial charge in [0.25, 0.3) is 15.9 Å². The first kappa shape index (κ1) is 23.6. The smallest absolute Gasteiger partial charge is 0.264 e. The number of carbonyl (C=O) groups is 1. The highest BCUT2D eigenvalue weighted by Gasteiger charge is 2.20. The normalized spacial score (nSPS) is 14.4. The molecule has 4 rings (SSSR count). The fourth-order valence-corrected chi connectivity index (χ4v) is 4.95. The molecule has 0 bridgehead atoms. The minimum Gasteiger partial charge on any atom is -0.349 e. The standard InChI is InChI=1S/C24H28N6O3S/c1-16-15-17(2)27-24(26-16)30-34(32,33)20-12-10-19(11-13-20)28-22-21(9-6-14-25-22)23(31)29-18-7-4-3-5-8-18/h6,9-15,18H,3-5,7-8H2,1-2H3,(H,25,28)(H,29,31)(H,26,27,30). The second-order valence-electron chi connectivity index (χ2n) is 8.44. The molecule has 0 unspecified atom stereocenters. The highest BCUT2D eigenvalue weighted by molar-refractivity contribution is 7.92. The third kappa shape index (κ3) is 5.88. The Morgan fingerprint density at radius 2 is 1.65 bits per heavy atom. The van der Waals surface area contributed by atoms with E-state index in [1.807, 2.05) is 0 Å². The molecule has 34 heavy (non-hydrogen) atoms. The van der Waals surface area contributed by atoms with Gasteiger partial charge in [-0.1, -0.05) is 19.3 Å². The van der Waals surface area contributed by atoms with Crippen LogP contribution in [0.15, 0.2) is 53.6 Å². The third-order valence-corrected chi connectivity index (χ3v) is 6.97. The lowest BCUT2D eigenvalue weighted by Gasteiger charge is -2.23. The SMILES string of the molecule is Cc1cc(C)nc(NS(=O)(=O)c2ccc(Nc3ncccc3C(=O)NC3CCCCC3)cc2)n1. The largest absolute Gasteiger partial charge is 0.349 e. The van der Waals surface area contributed by atoms with E-state index >= 15 is 0 Å². The lowest BCUT2D eigenvalue weighted by Crippen LogP contribution is -2.36. The predicted molar refractivity (Wildman–Crippen MR) is 131 cm³/mol. The molecule has 9 nitrogen and oxygen atoms in total. The van der Waals surface area contributed by atoms with Crippen molar-refractivity contribution in [2.45, 2.75) is 56.9 Å². The van der Waals surface area contributed by atoms with Gasteiger partial charge in [0.2, 0.25) is 5.95 Å². The molecule has 0 atom stereocenters. The maximum Gasteiger partial charge on any atom is 0.264 e. The molecule has 1 amide bonds. The molecular formula is C24H28N6O3S. The summed E-state index contributed by atoms with van der Waals surface area (Å²) < 4.78 is 27.9. The van der Waals surface area contributed by atoms with E-state index in [2.05, 4.69) is 30.3 Å². The molecule has 178 valence electrons. The Kier molecular flexibility index (Phi) is 7.06. The van der Waals surface area contributed by atoms with Crippen LogP contribution in [0.4, 0.5) is 17.5 Å². The molecule has 1 fully saturated rings.